The van der Waals surface area contributed by atoms with Gasteiger partial charge < -0.3 is 14.6 Å². The summed E-state index contributed by atoms with van der Waals surface area (Å²) in [6.45, 7) is 10.4. The maximum absolute atomic E-state index is 12.5. The lowest BCUT2D eigenvalue weighted by Gasteiger charge is -2.15. The van der Waals surface area contributed by atoms with Gasteiger partial charge in [0, 0.05) is 16.8 Å². The Morgan fingerprint density at radius 2 is 1.97 bits per heavy atom. The van der Waals surface area contributed by atoms with Crippen LogP contribution < -0.4 is 10.1 Å². The zero-order chi connectivity index (χ0) is 22.5. The number of rotatable bonds is 8. The third-order valence-corrected chi connectivity index (χ3v) is 6.17. The van der Waals surface area contributed by atoms with Crippen molar-refractivity contribution in [3.63, 3.8) is 0 Å². The molecule has 1 aromatic heterocycles. The van der Waals surface area contributed by atoms with Crippen LogP contribution in [0.1, 0.15) is 42.4 Å². The molecule has 1 amide bonds. The van der Waals surface area contributed by atoms with Crippen LogP contribution in [0.2, 0.25) is 5.02 Å². The molecule has 1 heterocycles. The molecule has 0 saturated heterocycles. The minimum absolute atomic E-state index is 0.123. The summed E-state index contributed by atoms with van der Waals surface area (Å²) < 4.78 is 7.99. The molecule has 3 rings (SSSR count). The van der Waals surface area contributed by atoms with Crippen molar-refractivity contribution < 1.29 is 9.53 Å². The fraction of sp³-hybridized carbons (Fsp3) is 0.348. The van der Waals surface area contributed by atoms with Gasteiger partial charge in [-0.15, -0.1) is 10.2 Å². The zero-order valence-corrected chi connectivity index (χ0v) is 20.0. The number of carbonyl (C=O) groups is 1. The molecule has 8 heteroatoms. The third kappa shape index (κ3) is 5.80. The molecule has 0 radical (unpaired) electrons. The molecule has 0 bridgehead atoms. The Labute approximate surface area is 192 Å². The number of nitrogens with zero attached hydrogens (tertiary/aromatic N) is 3. The fourth-order valence-electron chi connectivity index (χ4n) is 3.19. The van der Waals surface area contributed by atoms with E-state index in [0.29, 0.717) is 22.5 Å². The first-order valence-corrected chi connectivity index (χ1v) is 11.4. The number of halogens is 1. The number of ether oxygens (including phenoxy) is 1. The van der Waals surface area contributed by atoms with Gasteiger partial charge in [-0.3, -0.25) is 4.79 Å². The van der Waals surface area contributed by atoms with Crippen LogP contribution >= 0.6 is 23.4 Å². The first kappa shape index (κ1) is 23.2. The lowest BCUT2D eigenvalue weighted by molar-refractivity contribution is -0.113. The number of hydrogen-bond acceptors (Lipinski definition) is 5. The van der Waals surface area contributed by atoms with Crippen molar-refractivity contribution in [2.75, 3.05) is 11.1 Å². The topological polar surface area (TPSA) is 69.0 Å². The van der Waals surface area contributed by atoms with E-state index in [0.717, 1.165) is 22.7 Å². The molecule has 2 aromatic carbocycles. The van der Waals surface area contributed by atoms with Crippen LogP contribution in [0.3, 0.4) is 0 Å². The molecule has 0 aliphatic heterocycles. The molecule has 31 heavy (non-hydrogen) atoms. The first-order chi connectivity index (χ1) is 14.8. The lowest BCUT2D eigenvalue weighted by atomic mass is 10.1. The predicted molar refractivity (Wildman–Crippen MR) is 126 cm³/mol. The van der Waals surface area contributed by atoms with Crippen molar-refractivity contribution in [1.29, 1.82) is 0 Å². The minimum atomic E-state index is -0.123. The molecule has 0 atom stereocenters. The van der Waals surface area contributed by atoms with E-state index >= 15 is 0 Å². The number of anilines is 1. The largest absolute Gasteiger partial charge is 0.485 e. The number of aryl methyl sites for hydroxylation is 2. The second-order valence-electron chi connectivity index (χ2n) is 7.67. The number of hydrogen-bond donors (Lipinski definition) is 1. The number of carbonyl (C=O) groups excluding carboxylic acids is 1. The summed E-state index contributed by atoms with van der Waals surface area (Å²) in [7, 11) is 0. The zero-order valence-electron chi connectivity index (χ0n) is 18.4. The molecule has 0 aliphatic rings. The van der Waals surface area contributed by atoms with E-state index < -0.39 is 0 Å². The summed E-state index contributed by atoms with van der Waals surface area (Å²) in [5, 5.41) is 12.8. The van der Waals surface area contributed by atoms with Gasteiger partial charge in [-0.2, -0.15) is 0 Å². The minimum Gasteiger partial charge on any atom is -0.485 e. The van der Waals surface area contributed by atoms with Crippen LogP contribution in [0.5, 0.6) is 5.75 Å². The summed E-state index contributed by atoms with van der Waals surface area (Å²) in [4.78, 5) is 12.5. The van der Waals surface area contributed by atoms with E-state index in [1.54, 1.807) is 6.07 Å². The molecule has 0 unspecified atom stereocenters. The SMILES string of the molecule is Cc1ccc(OCc2nnc(SCC(=O)Nc3cccc(Cl)c3C)n2C(C)C)c(C)c1. The lowest BCUT2D eigenvalue weighted by Crippen LogP contribution is -2.16. The van der Waals surface area contributed by atoms with E-state index in [4.69, 9.17) is 16.3 Å². The van der Waals surface area contributed by atoms with Gasteiger partial charge in [0.25, 0.3) is 0 Å². The van der Waals surface area contributed by atoms with Crippen LogP contribution in [0, 0.1) is 20.8 Å². The highest BCUT2D eigenvalue weighted by Gasteiger charge is 2.18. The highest BCUT2D eigenvalue weighted by Crippen LogP contribution is 2.26. The first-order valence-electron chi connectivity index (χ1n) is 10.1. The molecular weight excluding hydrogens is 432 g/mol. The maximum Gasteiger partial charge on any atom is 0.234 e. The van der Waals surface area contributed by atoms with Gasteiger partial charge in [-0.1, -0.05) is 47.1 Å². The van der Waals surface area contributed by atoms with E-state index in [9.17, 15) is 4.79 Å². The van der Waals surface area contributed by atoms with Crippen molar-refractivity contribution in [3.8, 4) is 5.75 Å². The highest BCUT2D eigenvalue weighted by atomic mass is 35.5. The van der Waals surface area contributed by atoms with Crippen molar-refractivity contribution >= 4 is 35.0 Å². The smallest absolute Gasteiger partial charge is 0.234 e. The Morgan fingerprint density at radius 1 is 1.19 bits per heavy atom. The van der Waals surface area contributed by atoms with Crippen molar-refractivity contribution in [2.24, 2.45) is 0 Å². The summed E-state index contributed by atoms with van der Waals surface area (Å²) >= 11 is 7.48. The number of thioether (sulfide) groups is 1. The fourth-order valence-corrected chi connectivity index (χ4v) is 4.25. The Bertz CT molecular complexity index is 1080. The van der Waals surface area contributed by atoms with Crippen molar-refractivity contribution in [1.82, 2.24) is 14.8 Å². The molecule has 0 aliphatic carbocycles. The molecule has 0 spiro atoms. The van der Waals surface area contributed by atoms with Crippen molar-refractivity contribution in [2.45, 2.75) is 52.4 Å². The van der Waals surface area contributed by atoms with Gasteiger partial charge in [0.1, 0.15) is 12.4 Å². The summed E-state index contributed by atoms with van der Waals surface area (Å²) in [6.07, 6.45) is 0. The Kier molecular flexibility index (Phi) is 7.62. The van der Waals surface area contributed by atoms with Crippen LogP contribution in [0.4, 0.5) is 5.69 Å². The van der Waals surface area contributed by atoms with Gasteiger partial charge in [0.2, 0.25) is 5.91 Å². The summed E-state index contributed by atoms with van der Waals surface area (Å²) in [5.41, 5.74) is 3.84. The average Bonchev–Trinajstić information content (AvgIpc) is 3.12. The van der Waals surface area contributed by atoms with Gasteiger partial charge in [-0.25, -0.2) is 0 Å². The van der Waals surface area contributed by atoms with E-state index in [1.165, 1.54) is 17.3 Å². The normalized spacial score (nSPS) is 11.1. The average molecular weight is 459 g/mol. The molecule has 6 nitrogen and oxygen atoms in total. The monoisotopic (exact) mass is 458 g/mol. The van der Waals surface area contributed by atoms with E-state index in [1.807, 2.05) is 42.7 Å². The highest BCUT2D eigenvalue weighted by molar-refractivity contribution is 7.99. The Morgan fingerprint density at radius 3 is 2.68 bits per heavy atom. The van der Waals surface area contributed by atoms with Crippen molar-refractivity contribution in [3.05, 3.63) is 63.9 Å². The van der Waals surface area contributed by atoms with Crippen LogP contribution in [0.15, 0.2) is 41.6 Å². The van der Waals surface area contributed by atoms with Gasteiger partial charge in [0.05, 0.1) is 5.75 Å². The standard InChI is InChI=1S/C23H27ClN4O2S/c1-14(2)28-21(12-30-20-10-9-15(3)11-16(20)4)26-27-23(28)31-13-22(29)25-19-8-6-7-18(24)17(19)5/h6-11,14H,12-13H2,1-5H3,(H,25,29). The number of benzene rings is 2. The predicted octanol–water partition coefficient (Wildman–Crippen LogP) is 5.75. The van der Waals surface area contributed by atoms with Crippen LogP contribution in [-0.2, 0) is 11.4 Å². The molecule has 0 fully saturated rings. The number of amides is 1. The van der Waals surface area contributed by atoms with Gasteiger partial charge in [-0.05, 0) is 63.9 Å². The van der Waals surface area contributed by atoms with Gasteiger partial charge in [0.15, 0.2) is 11.0 Å². The molecular formula is C23H27ClN4O2S. The van der Waals surface area contributed by atoms with Gasteiger partial charge >= 0.3 is 0 Å². The summed E-state index contributed by atoms with van der Waals surface area (Å²) in [6, 6.07) is 11.7. The number of aromatic nitrogens is 3. The second-order valence-corrected chi connectivity index (χ2v) is 9.02. The third-order valence-electron chi connectivity index (χ3n) is 4.81. The maximum atomic E-state index is 12.5. The number of nitrogens with one attached hydrogen (secondary N) is 1. The molecule has 164 valence electrons. The summed E-state index contributed by atoms with van der Waals surface area (Å²) in [5.74, 6) is 1.65. The molecule has 0 saturated carbocycles. The quantitative estimate of drug-likeness (QED) is 0.435. The molecule has 1 N–H and O–H groups in total. The van der Waals surface area contributed by atoms with E-state index in [2.05, 4.69) is 42.4 Å². The Balaban J connectivity index is 1.66. The van der Waals surface area contributed by atoms with Crippen LogP contribution in [0.25, 0.3) is 0 Å². The Hall–Kier alpha value is -2.51. The van der Waals surface area contributed by atoms with E-state index in [-0.39, 0.29) is 17.7 Å². The second kappa shape index (κ2) is 10.2. The molecule has 3 aromatic rings. The van der Waals surface area contributed by atoms with Crippen LogP contribution in [-0.4, -0.2) is 26.4 Å².